The van der Waals surface area contributed by atoms with Gasteiger partial charge < -0.3 is 30.0 Å². The van der Waals surface area contributed by atoms with Crippen molar-refractivity contribution in [2.45, 2.75) is 90.6 Å². The number of fused-ring (bicyclic) bond motifs is 1. The highest BCUT2D eigenvalue weighted by molar-refractivity contribution is 6.14. The van der Waals surface area contributed by atoms with Gasteiger partial charge in [-0.25, -0.2) is 14.6 Å². The van der Waals surface area contributed by atoms with E-state index in [-0.39, 0.29) is 35.3 Å². The number of aliphatic hydroxyl groups is 1. The second-order valence-electron chi connectivity index (χ2n) is 14.5. The smallest absolute Gasteiger partial charge is 0.425 e. The number of hydrogen-bond acceptors (Lipinski definition) is 9. The minimum Gasteiger partial charge on any atom is -0.443 e. The number of primary amides is 1. The highest BCUT2D eigenvalue weighted by Gasteiger charge is 2.52. The zero-order valence-corrected chi connectivity index (χ0v) is 28.4. The lowest BCUT2D eigenvalue weighted by Gasteiger charge is -2.39. The highest BCUT2D eigenvalue weighted by Crippen LogP contribution is 2.36. The number of morpholine rings is 1. The SMILES string of the molecule is CC(C)(C)OC(=O)N(C(=O)OC(C)(C)C)c1nccc2cc(C(O)(C(N)=O)[C@H]3OCCN(c4ccc(C(C)(C)C)cc4)C3=O)ccc12. The highest BCUT2D eigenvalue weighted by atomic mass is 16.6. The number of aromatic nitrogens is 1. The predicted molar refractivity (Wildman–Crippen MR) is 177 cm³/mol. The second-order valence-corrected chi connectivity index (χ2v) is 14.5. The summed E-state index contributed by atoms with van der Waals surface area (Å²) in [5.41, 5.74) is 2.87. The summed E-state index contributed by atoms with van der Waals surface area (Å²) in [6.45, 7) is 16.4. The summed E-state index contributed by atoms with van der Waals surface area (Å²) in [7, 11) is 0. The molecule has 1 aliphatic heterocycles. The number of nitrogens with zero attached hydrogens (tertiary/aromatic N) is 3. The van der Waals surface area contributed by atoms with E-state index in [1.807, 2.05) is 24.3 Å². The molecule has 2 aromatic carbocycles. The van der Waals surface area contributed by atoms with E-state index in [0.29, 0.717) is 16.0 Å². The van der Waals surface area contributed by atoms with Crippen LogP contribution >= 0.6 is 0 Å². The van der Waals surface area contributed by atoms with Gasteiger partial charge in [-0.05, 0) is 87.7 Å². The van der Waals surface area contributed by atoms with Gasteiger partial charge >= 0.3 is 12.2 Å². The van der Waals surface area contributed by atoms with Crippen molar-refractivity contribution < 1.29 is 38.5 Å². The van der Waals surface area contributed by atoms with Gasteiger partial charge in [0.2, 0.25) is 5.60 Å². The molecule has 12 nitrogen and oxygen atoms in total. The predicted octanol–water partition coefficient (Wildman–Crippen LogP) is 5.31. The molecule has 4 rings (SSSR count). The van der Waals surface area contributed by atoms with E-state index >= 15 is 0 Å². The summed E-state index contributed by atoms with van der Waals surface area (Å²) in [6.07, 6.45) is -2.34. The molecule has 252 valence electrons. The number of rotatable bonds is 5. The van der Waals surface area contributed by atoms with E-state index in [1.54, 1.807) is 47.6 Å². The van der Waals surface area contributed by atoms with Gasteiger partial charge in [0, 0.05) is 23.8 Å². The van der Waals surface area contributed by atoms with Gasteiger partial charge in [-0.15, -0.1) is 0 Å². The van der Waals surface area contributed by atoms with Crippen molar-refractivity contribution >= 4 is 46.3 Å². The van der Waals surface area contributed by atoms with Crippen LogP contribution < -0.4 is 15.5 Å². The van der Waals surface area contributed by atoms with Crippen LogP contribution in [0.2, 0.25) is 0 Å². The lowest BCUT2D eigenvalue weighted by Crippen LogP contribution is -2.61. The summed E-state index contributed by atoms with van der Waals surface area (Å²) in [5.74, 6) is -1.94. The normalized spacial score (nSPS) is 17.2. The fraction of sp³-hybridized carbons (Fsp3) is 0.457. The van der Waals surface area contributed by atoms with Crippen molar-refractivity contribution in [3.63, 3.8) is 0 Å². The van der Waals surface area contributed by atoms with Gasteiger partial charge in [0.1, 0.15) is 11.2 Å². The molecule has 1 saturated heterocycles. The maximum absolute atomic E-state index is 13.8. The van der Waals surface area contributed by atoms with Crippen LogP contribution in [0.15, 0.2) is 54.7 Å². The lowest BCUT2D eigenvalue weighted by atomic mass is 9.84. The van der Waals surface area contributed by atoms with Crippen molar-refractivity contribution in [1.29, 1.82) is 0 Å². The molecule has 0 saturated carbocycles. The van der Waals surface area contributed by atoms with E-state index < -0.39 is 46.9 Å². The first-order valence-corrected chi connectivity index (χ1v) is 15.3. The first kappa shape index (κ1) is 35.3. The van der Waals surface area contributed by atoms with Gasteiger partial charge in [0.25, 0.3) is 11.8 Å². The Morgan fingerprint density at radius 3 is 1.96 bits per heavy atom. The Bertz CT molecular complexity index is 1660. The van der Waals surface area contributed by atoms with Gasteiger partial charge in [0.15, 0.2) is 11.9 Å². The van der Waals surface area contributed by atoms with E-state index in [0.717, 1.165) is 5.56 Å². The van der Waals surface area contributed by atoms with Crippen molar-refractivity contribution in [2.24, 2.45) is 5.73 Å². The van der Waals surface area contributed by atoms with Gasteiger partial charge in [0.05, 0.1) is 6.61 Å². The molecule has 0 radical (unpaired) electrons. The van der Waals surface area contributed by atoms with Crippen molar-refractivity contribution in [3.05, 3.63) is 65.9 Å². The van der Waals surface area contributed by atoms with Crippen LogP contribution in [0.1, 0.15) is 73.4 Å². The van der Waals surface area contributed by atoms with E-state index in [2.05, 4.69) is 25.8 Å². The van der Waals surface area contributed by atoms with Crippen molar-refractivity contribution in [1.82, 2.24) is 4.98 Å². The number of imide groups is 1. The van der Waals surface area contributed by atoms with E-state index in [1.165, 1.54) is 29.3 Å². The molecule has 47 heavy (non-hydrogen) atoms. The molecule has 1 aliphatic rings. The standard InChI is InChI=1S/C35H44N4O8/c1-32(2,3)22-10-13-24(14-11-22)38-18-19-45-26(28(38)40)35(44,29(36)41)23-12-15-25-21(20-23)16-17-37-27(25)39(30(42)46-33(4,5)6)31(43)47-34(7,8)9/h10-17,20,26,44H,18-19H2,1-9H3,(H2,36,41)/t26-,35?/m0/s1. The lowest BCUT2D eigenvalue weighted by molar-refractivity contribution is -0.171. The Morgan fingerprint density at radius 1 is 0.894 bits per heavy atom. The average molecular weight is 649 g/mol. The first-order chi connectivity index (χ1) is 21.6. The maximum atomic E-state index is 13.8. The van der Waals surface area contributed by atoms with E-state index in [4.69, 9.17) is 19.9 Å². The first-order valence-electron chi connectivity index (χ1n) is 15.3. The van der Waals surface area contributed by atoms with Crippen LogP contribution in [0, 0.1) is 0 Å². The molecule has 0 aliphatic carbocycles. The molecule has 1 fully saturated rings. The Hall–Kier alpha value is -4.55. The molecule has 1 aromatic heterocycles. The summed E-state index contributed by atoms with van der Waals surface area (Å²) in [5, 5.41) is 12.6. The monoisotopic (exact) mass is 648 g/mol. The zero-order chi connectivity index (χ0) is 35.1. The fourth-order valence-corrected chi connectivity index (χ4v) is 5.14. The summed E-state index contributed by atoms with van der Waals surface area (Å²) < 4.78 is 16.7. The third-order valence-corrected chi connectivity index (χ3v) is 7.44. The Balaban J connectivity index is 1.76. The van der Waals surface area contributed by atoms with Crippen LogP contribution in [-0.4, -0.2) is 64.5 Å². The fourth-order valence-electron chi connectivity index (χ4n) is 5.14. The molecule has 3 N–H and O–H groups in total. The topological polar surface area (TPSA) is 162 Å². The minimum atomic E-state index is -2.57. The molecule has 0 spiro atoms. The third kappa shape index (κ3) is 7.55. The molecular weight excluding hydrogens is 604 g/mol. The zero-order valence-electron chi connectivity index (χ0n) is 28.4. The molecule has 2 atom stereocenters. The second kappa shape index (κ2) is 12.6. The molecule has 4 amide bonds. The van der Waals surface area contributed by atoms with Crippen LogP contribution in [0.3, 0.4) is 0 Å². The van der Waals surface area contributed by atoms with Crippen molar-refractivity contribution in [2.75, 3.05) is 23.0 Å². The Morgan fingerprint density at radius 2 is 1.45 bits per heavy atom. The quantitative estimate of drug-likeness (QED) is 0.373. The number of hydrogen-bond donors (Lipinski definition) is 2. The number of amides is 4. The summed E-state index contributed by atoms with van der Waals surface area (Å²) >= 11 is 0. The molecule has 0 bridgehead atoms. The number of ether oxygens (including phenoxy) is 3. The van der Waals surface area contributed by atoms with Crippen LogP contribution in [0.5, 0.6) is 0 Å². The summed E-state index contributed by atoms with van der Waals surface area (Å²) in [4.78, 5) is 59.9. The van der Waals surface area contributed by atoms with Crippen LogP contribution in [-0.2, 0) is 34.8 Å². The Labute approximate surface area is 274 Å². The molecule has 3 aromatic rings. The average Bonchev–Trinajstić information content (AvgIpc) is 2.94. The summed E-state index contributed by atoms with van der Waals surface area (Å²) in [6, 6.07) is 13.3. The number of carbonyl (C=O) groups excluding carboxylic acids is 4. The van der Waals surface area contributed by atoms with Gasteiger partial charge in [-0.2, -0.15) is 4.90 Å². The molecule has 2 heterocycles. The number of pyridine rings is 1. The number of anilines is 2. The number of carbonyl (C=O) groups is 4. The van der Waals surface area contributed by atoms with Crippen molar-refractivity contribution in [3.8, 4) is 0 Å². The molecule has 1 unspecified atom stereocenters. The maximum Gasteiger partial charge on any atom is 0.425 e. The molecule has 12 heteroatoms. The van der Waals surface area contributed by atoms with E-state index in [9.17, 15) is 24.3 Å². The minimum absolute atomic E-state index is 0.0287. The number of benzene rings is 2. The largest absolute Gasteiger partial charge is 0.443 e. The third-order valence-electron chi connectivity index (χ3n) is 7.44. The number of nitrogens with two attached hydrogens (primary N) is 1. The van der Waals surface area contributed by atoms with Gasteiger partial charge in [-0.1, -0.05) is 45.0 Å². The van der Waals surface area contributed by atoms with Crippen LogP contribution in [0.4, 0.5) is 21.1 Å². The van der Waals surface area contributed by atoms with Gasteiger partial charge in [-0.3, -0.25) is 9.59 Å². The molecular formula is C35H44N4O8. The van der Waals surface area contributed by atoms with Crippen LogP contribution in [0.25, 0.3) is 10.8 Å². The Kier molecular flexibility index (Phi) is 9.44.